The van der Waals surface area contributed by atoms with Crippen molar-refractivity contribution in [3.8, 4) is 0 Å². The van der Waals surface area contributed by atoms with Gasteiger partial charge in [-0.2, -0.15) is 0 Å². The zero-order valence-corrected chi connectivity index (χ0v) is 25.2. The predicted molar refractivity (Wildman–Crippen MR) is 153 cm³/mol. The van der Waals surface area contributed by atoms with Gasteiger partial charge in [-0.25, -0.2) is 13.6 Å². The summed E-state index contributed by atoms with van der Waals surface area (Å²) in [6.07, 6.45) is -1.38. The lowest BCUT2D eigenvalue weighted by Gasteiger charge is -2.47. The van der Waals surface area contributed by atoms with Crippen LogP contribution in [0.3, 0.4) is 0 Å². The van der Waals surface area contributed by atoms with E-state index in [0.717, 1.165) is 4.90 Å². The first-order chi connectivity index (χ1) is 19.5. The van der Waals surface area contributed by atoms with E-state index < -0.39 is 41.0 Å². The molecular formula is C32H41F2N2O6-. The lowest BCUT2D eigenvalue weighted by molar-refractivity contribution is -0.322. The molecule has 0 aromatic heterocycles. The fourth-order valence-corrected chi connectivity index (χ4v) is 5.30. The Bertz CT molecular complexity index is 1230. The van der Waals surface area contributed by atoms with Crippen molar-refractivity contribution in [2.24, 2.45) is 11.8 Å². The topological polar surface area (TPSA) is 99.2 Å². The van der Waals surface area contributed by atoms with E-state index in [1.54, 1.807) is 88.0 Å². The first kappa shape index (κ1) is 32.8. The van der Waals surface area contributed by atoms with Crippen LogP contribution in [0.4, 0.5) is 19.3 Å². The molecule has 0 N–H and O–H groups in total. The van der Waals surface area contributed by atoms with Gasteiger partial charge >= 0.3 is 12.1 Å². The highest BCUT2D eigenvalue weighted by Crippen LogP contribution is 2.37. The molecule has 10 heteroatoms. The minimum Gasteiger partial charge on any atom is -0.548 e. The Kier molecular flexibility index (Phi) is 10.2. The molecule has 42 heavy (non-hydrogen) atoms. The predicted octanol–water partition coefficient (Wildman–Crippen LogP) is 4.84. The molecule has 2 atom stereocenters. The number of nitrogens with zero attached hydrogens (tertiary/aromatic N) is 2. The summed E-state index contributed by atoms with van der Waals surface area (Å²) < 4.78 is 38.7. The van der Waals surface area contributed by atoms with Crippen molar-refractivity contribution in [2.45, 2.75) is 77.6 Å². The summed E-state index contributed by atoms with van der Waals surface area (Å²) in [5, 5.41) is 13.1. The molecule has 1 aliphatic heterocycles. The maximum Gasteiger partial charge on any atom is 0.410 e. The van der Waals surface area contributed by atoms with Gasteiger partial charge in [0.25, 0.3) is 5.92 Å². The number of alkyl halides is 2. The van der Waals surface area contributed by atoms with Crippen LogP contribution in [0, 0.1) is 11.8 Å². The number of carboxylic acids is 1. The van der Waals surface area contributed by atoms with Crippen molar-refractivity contribution in [3.05, 3.63) is 65.7 Å². The third kappa shape index (κ3) is 8.20. The Hall–Kier alpha value is -3.69. The minimum atomic E-state index is -2.76. The number of hydrogen-bond donors (Lipinski definition) is 0. The van der Waals surface area contributed by atoms with Crippen LogP contribution >= 0.6 is 0 Å². The van der Waals surface area contributed by atoms with E-state index in [1.165, 1.54) is 7.05 Å². The van der Waals surface area contributed by atoms with E-state index in [0.29, 0.717) is 16.8 Å². The molecule has 8 nitrogen and oxygen atoms in total. The molecule has 0 bridgehead atoms. The number of esters is 1. The number of ether oxygens (including phenoxy) is 2. The van der Waals surface area contributed by atoms with Crippen molar-refractivity contribution in [1.29, 1.82) is 0 Å². The highest BCUT2D eigenvalue weighted by molar-refractivity contribution is 5.90. The fourth-order valence-electron chi connectivity index (χ4n) is 5.30. The monoisotopic (exact) mass is 587 g/mol. The minimum absolute atomic E-state index is 0.0980. The molecule has 0 radical (unpaired) electrons. The molecule has 230 valence electrons. The molecule has 2 aromatic rings. The number of rotatable bonds is 11. The summed E-state index contributed by atoms with van der Waals surface area (Å²) in [6, 6.07) is 15.6. The highest BCUT2D eigenvalue weighted by atomic mass is 19.3. The van der Waals surface area contributed by atoms with Gasteiger partial charge in [0.1, 0.15) is 12.2 Å². The molecule has 2 aromatic carbocycles. The third-order valence-electron chi connectivity index (χ3n) is 7.33. The summed E-state index contributed by atoms with van der Waals surface area (Å²) in [7, 11) is 1.29. The average molecular weight is 588 g/mol. The molecule has 1 heterocycles. The molecule has 1 fully saturated rings. The number of halogens is 2. The molecule has 0 saturated carbocycles. The highest BCUT2D eigenvalue weighted by Gasteiger charge is 2.51. The van der Waals surface area contributed by atoms with Crippen LogP contribution in [0.15, 0.2) is 54.6 Å². The molecular weight excluding hydrogens is 546 g/mol. The van der Waals surface area contributed by atoms with E-state index in [2.05, 4.69) is 0 Å². The first-order valence-electron chi connectivity index (χ1n) is 14.1. The van der Waals surface area contributed by atoms with E-state index >= 15 is 0 Å². The lowest BCUT2D eigenvalue weighted by Crippen LogP contribution is -2.67. The van der Waals surface area contributed by atoms with E-state index in [4.69, 9.17) is 9.47 Å². The normalized spacial score (nSPS) is 16.9. The van der Waals surface area contributed by atoms with Gasteiger partial charge in [0, 0.05) is 25.7 Å². The van der Waals surface area contributed by atoms with Gasteiger partial charge in [-0.1, -0.05) is 56.3 Å². The molecule has 0 aliphatic carbocycles. The summed E-state index contributed by atoms with van der Waals surface area (Å²) in [5.74, 6) is -6.84. The molecule has 1 saturated heterocycles. The number of amides is 1. The number of hydrogen-bond acceptors (Lipinski definition) is 7. The summed E-state index contributed by atoms with van der Waals surface area (Å²) in [6.45, 7) is 8.27. The second kappa shape index (κ2) is 13.1. The number of anilines is 1. The molecule has 1 amide bonds. The van der Waals surface area contributed by atoms with Gasteiger partial charge in [-0.05, 0) is 62.8 Å². The fraction of sp³-hybridized carbons (Fsp3) is 0.531. The van der Waals surface area contributed by atoms with Gasteiger partial charge in [0.05, 0.1) is 24.0 Å². The van der Waals surface area contributed by atoms with Crippen LogP contribution in [0.1, 0.15) is 58.6 Å². The standard InChI is InChI=1S/C32H42F2N2O6/c1-22(2)19-32(28(38)39,35(6)29(40)42-30(3,4)5)26(27(37)41-20-24-10-8-7-9-11-24)18-23-12-14-25(15-13-23)36-17-16-31(33,34)21-36/h7-15,22,26H,16-21H2,1-6H3,(H,38,39)/p-1/t26-,32-/m0/s1. The van der Waals surface area contributed by atoms with E-state index in [-0.39, 0.29) is 44.9 Å². The molecule has 0 spiro atoms. The molecule has 0 unspecified atom stereocenters. The van der Waals surface area contributed by atoms with Crippen LogP contribution in [-0.2, 0) is 32.1 Å². The maximum absolute atomic E-state index is 13.8. The smallest absolute Gasteiger partial charge is 0.410 e. The van der Waals surface area contributed by atoms with Gasteiger partial charge in [-0.3, -0.25) is 9.69 Å². The van der Waals surface area contributed by atoms with Gasteiger partial charge < -0.3 is 24.3 Å². The van der Waals surface area contributed by atoms with Gasteiger partial charge in [-0.15, -0.1) is 0 Å². The number of carbonyl (C=O) groups excluding carboxylic acids is 3. The number of carbonyl (C=O) groups is 3. The van der Waals surface area contributed by atoms with Crippen LogP contribution in [0.5, 0.6) is 0 Å². The lowest BCUT2D eigenvalue weighted by atomic mass is 9.73. The zero-order chi connectivity index (χ0) is 31.3. The molecule has 1 aliphatic rings. The average Bonchev–Trinajstić information content (AvgIpc) is 3.27. The third-order valence-corrected chi connectivity index (χ3v) is 7.33. The van der Waals surface area contributed by atoms with Gasteiger partial charge in [0.15, 0.2) is 0 Å². The van der Waals surface area contributed by atoms with E-state index in [1.807, 2.05) is 6.07 Å². The SMILES string of the molecule is CC(C)C[C@@](C(=O)[O-])([C@@H](Cc1ccc(N2CCC(F)(F)C2)cc1)C(=O)OCc1ccccc1)N(C)C(=O)OC(C)(C)C. The van der Waals surface area contributed by atoms with Crippen molar-refractivity contribution < 1.29 is 37.7 Å². The Morgan fingerprint density at radius 1 is 1.02 bits per heavy atom. The number of likely N-dealkylation sites (N-methyl/N-ethyl adjacent to an activating group) is 1. The Morgan fingerprint density at radius 2 is 1.64 bits per heavy atom. The summed E-state index contributed by atoms with van der Waals surface area (Å²) >= 11 is 0. The Balaban J connectivity index is 2.02. The second-order valence-electron chi connectivity index (χ2n) is 12.4. The number of aliphatic carboxylic acids is 1. The number of carboxylic acid groups (broad SMARTS) is 1. The Labute approximate surface area is 246 Å². The van der Waals surface area contributed by atoms with Gasteiger partial charge in [0.2, 0.25) is 0 Å². The van der Waals surface area contributed by atoms with Crippen molar-refractivity contribution >= 4 is 23.7 Å². The second-order valence-corrected chi connectivity index (χ2v) is 12.4. The summed E-state index contributed by atoms with van der Waals surface area (Å²) in [4.78, 5) is 42.8. The Morgan fingerprint density at radius 3 is 2.14 bits per heavy atom. The molecule has 3 rings (SSSR count). The largest absolute Gasteiger partial charge is 0.548 e. The van der Waals surface area contributed by atoms with Crippen LogP contribution < -0.4 is 10.0 Å². The maximum atomic E-state index is 13.8. The van der Waals surface area contributed by atoms with Crippen molar-refractivity contribution in [2.75, 3.05) is 25.0 Å². The van der Waals surface area contributed by atoms with Crippen molar-refractivity contribution in [1.82, 2.24) is 4.90 Å². The summed E-state index contributed by atoms with van der Waals surface area (Å²) in [5.41, 5.74) is -1.18. The quantitative estimate of drug-likeness (QED) is 0.347. The van der Waals surface area contributed by atoms with E-state index in [9.17, 15) is 28.3 Å². The number of benzene rings is 2. The first-order valence-corrected chi connectivity index (χ1v) is 14.1. The zero-order valence-electron chi connectivity index (χ0n) is 25.2. The van der Waals surface area contributed by atoms with Crippen molar-refractivity contribution in [3.63, 3.8) is 0 Å². The van der Waals surface area contributed by atoms with Crippen LogP contribution in [0.25, 0.3) is 0 Å². The van der Waals surface area contributed by atoms with Crippen LogP contribution in [0.2, 0.25) is 0 Å². The van der Waals surface area contributed by atoms with Crippen LogP contribution in [-0.4, -0.2) is 60.1 Å².